The topological polar surface area (TPSA) is 75.9 Å². The minimum atomic E-state index is 0.601. The van der Waals surface area contributed by atoms with Crippen LogP contribution in [-0.2, 0) is 6.42 Å². The molecular weight excluding hydrogens is 262 g/mol. The van der Waals surface area contributed by atoms with Gasteiger partial charge in [0.1, 0.15) is 17.5 Å². The predicted octanol–water partition coefficient (Wildman–Crippen LogP) is 3.22. The zero-order chi connectivity index (χ0) is 14.7. The molecule has 0 bridgehead atoms. The molecule has 1 aromatic heterocycles. The number of nitrogen functional groups attached to an aromatic ring is 1. The van der Waals surface area contributed by atoms with E-state index < -0.39 is 0 Å². The molecule has 5 nitrogen and oxygen atoms in total. The smallest absolute Gasteiger partial charge is 0.145 e. The largest absolute Gasteiger partial charge is 0.340 e. The molecule has 5 heteroatoms. The number of fused-ring (bicyclic) bond motifs is 1. The van der Waals surface area contributed by atoms with Crippen molar-refractivity contribution in [3.05, 3.63) is 54.4 Å². The first-order valence-electron chi connectivity index (χ1n) is 6.89. The maximum atomic E-state index is 5.46. The van der Waals surface area contributed by atoms with E-state index >= 15 is 0 Å². The molecule has 0 saturated heterocycles. The van der Waals surface area contributed by atoms with Gasteiger partial charge in [0.05, 0.1) is 0 Å². The van der Waals surface area contributed by atoms with Crippen LogP contribution in [0.4, 0.5) is 17.3 Å². The van der Waals surface area contributed by atoms with Crippen LogP contribution in [0, 0.1) is 0 Å². The minimum absolute atomic E-state index is 0.601. The first-order chi connectivity index (χ1) is 10.3. The number of rotatable bonds is 4. The third-order valence-corrected chi connectivity index (χ3v) is 3.29. The van der Waals surface area contributed by atoms with Crippen molar-refractivity contribution in [2.75, 3.05) is 10.7 Å². The second-order valence-electron chi connectivity index (χ2n) is 4.70. The van der Waals surface area contributed by atoms with Gasteiger partial charge in [-0.05, 0) is 11.5 Å². The number of aryl methyl sites for hydroxylation is 1. The first-order valence-corrected chi connectivity index (χ1v) is 6.89. The number of anilines is 3. The Labute approximate surface area is 123 Å². The average molecular weight is 279 g/mol. The van der Waals surface area contributed by atoms with Gasteiger partial charge in [0.25, 0.3) is 0 Å². The summed E-state index contributed by atoms with van der Waals surface area (Å²) in [5.74, 6) is 7.53. The van der Waals surface area contributed by atoms with Crippen LogP contribution in [0.1, 0.15) is 12.7 Å². The summed E-state index contributed by atoms with van der Waals surface area (Å²) in [7, 11) is 0. The quantitative estimate of drug-likeness (QED) is 0.505. The van der Waals surface area contributed by atoms with Gasteiger partial charge in [0.15, 0.2) is 0 Å². The number of benzene rings is 2. The Hall–Kier alpha value is -2.66. The minimum Gasteiger partial charge on any atom is -0.340 e. The van der Waals surface area contributed by atoms with Crippen LogP contribution in [-0.4, -0.2) is 9.97 Å². The Balaban J connectivity index is 2.02. The predicted molar refractivity (Wildman–Crippen MR) is 86.5 cm³/mol. The Morgan fingerprint density at radius 1 is 1.00 bits per heavy atom. The zero-order valence-electron chi connectivity index (χ0n) is 11.8. The fourth-order valence-corrected chi connectivity index (χ4v) is 2.27. The van der Waals surface area contributed by atoms with Crippen molar-refractivity contribution in [1.29, 1.82) is 0 Å². The van der Waals surface area contributed by atoms with Crippen LogP contribution in [0.5, 0.6) is 0 Å². The van der Waals surface area contributed by atoms with Crippen molar-refractivity contribution in [3.8, 4) is 0 Å². The van der Waals surface area contributed by atoms with E-state index in [4.69, 9.17) is 5.84 Å². The highest BCUT2D eigenvalue weighted by molar-refractivity contribution is 5.95. The van der Waals surface area contributed by atoms with Crippen LogP contribution >= 0.6 is 0 Å². The number of hydrazine groups is 1. The summed E-state index contributed by atoms with van der Waals surface area (Å²) in [6, 6.07) is 16.2. The highest BCUT2D eigenvalue weighted by Gasteiger charge is 2.05. The van der Waals surface area contributed by atoms with E-state index in [0.29, 0.717) is 5.82 Å². The van der Waals surface area contributed by atoms with E-state index in [0.717, 1.165) is 29.1 Å². The molecule has 0 aliphatic carbocycles. The molecule has 0 unspecified atom stereocenters. The summed E-state index contributed by atoms with van der Waals surface area (Å²) < 4.78 is 0. The molecular formula is C16H17N5. The Bertz CT molecular complexity index is 742. The molecule has 0 radical (unpaired) electrons. The van der Waals surface area contributed by atoms with Gasteiger partial charge in [-0.1, -0.05) is 43.3 Å². The van der Waals surface area contributed by atoms with E-state index in [-0.39, 0.29) is 0 Å². The maximum Gasteiger partial charge on any atom is 0.145 e. The lowest BCUT2D eigenvalue weighted by Gasteiger charge is -2.11. The van der Waals surface area contributed by atoms with E-state index in [9.17, 15) is 0 Å². The van der Waals surface area contributed by atoms with Crippen molar-refractivity contribution in [3.63, 3.8) is 0 Å². The molecule has 0 fully saturated rings. The van der Waals surface area contributed by atoms with Crippen LogP contribution in [0.2, 0.25) is 0 Å². The fourth-order valence-electron chi connectivity index (χ4n) is 2.27. The molecule has 3 rings (SSSR count). The number of hydrogen-bond acceptors (Lipinski definition) is 5. The molecule has 0 aliphatic heterocycles. The standard InChI is InChI=1S/C16H17N5/c1-2-14-19-15(10-16(20-14)21-17)18-13-9-5-7-11-6-3-4-8-12(11)13/h3-10H,2,17H2,1H3,(H2,18,19,20,21). The summed E-state index contributed by atoms with van der Waals surface area (Å²) in [5.41, 5.74) is 3.58. The van der Waals surface area contributed by atoms with Crippen LogP contribution in [0.3, 0.4) is 0 Å². The first kappa shape index (κ1) is 13.3. The number of nitrogens with two attached hydrogens (primary N) is 1. The molecule has 2 aromatic carbocycles. The average Bonchev–Trinajstić information content (AvgIpc) is 2.55. The lowest BCUT2D eigenvalue weighted by atomic mass is 10.1. The van der Waals surface area contributed by atoms with Gasteiger partial charge in [-0.25, -0.2) is 15.8 Å². The fraction of sp³-hybridized carbons (Fsp3) is 0.125. The maximum absolute atomic E-state index is 5.46. The van der Waals surface area contributed by atoms with Gasteiger partial charge in [0, 0.05) is 23.6 Å². The summed E-state index contributed by atoms with van der Waals surface area (Å²) in [4.78, 5) is 8.77. The molecule has 0 atom stereocenters. The molecule has 1 heterocycles. The summed E-state index contributed by atoms with van der Waals surface area (Å²) in [6.45, 7) is 2.01. The zero-order valence-corrected chi connectivity index (χ0v) is 11.8. The van der Waals surface area contributed by atoms with Gasteiger partial charge in [-0.3, -0.25) is 0 Å². The molecule has 0 spiro atoms. The van der Waals surface area contributed by atoms with Crippen molar-refractivity contribution in [2.24, 2.45) is 5.84 Å². The molecule has 0 aliphatic rings. The van der Waals surface area contributed by atoms with Gasteiger partial charge < -0.3 is 10.7 Å². The Morgan fingerprint density at radius 2 is 1.76 bits per heavy atom. The number of aromatic nitrogens is 2. The lowest BCUT2D eigenvalue weighted by Crippen LogP contribution is -2.11. The molecule has 4 N–H and O–H groups in total. The number of nitrogens with one attached hydrogen (secondary N) is 2. The van der Waals surface area contributed by atoms with Gasteiger partial charge >= 0.3 is 0 Å². The van der Waals surface area contributed by atoms with E-state index in [1.165, 1.54) is 5.39 Å². The van der Waals surface area contributed by atoms with Crippen molar-refractivity contribution < 1.29 is 0 Å². The van der Waals surface area contributed by atoms with Gasteiger partial charge in [0.2, 0.25) is 0 Å². The second-order valence-corrected chi connectivity index (χ2v) is 4.70. The highest BCUT2D eigenvalue weighted by atomic mass is 15.3. The van der Waals surface area contributed by atoms with Crippen LogP contribution in [0.25, 0.3) is 10.8 Å². The number of nitrogens with zero attached hydrogens (tertiary/aromatic N) is 2. The van der Waals surface area contributed by atoms with Gasteiger partial charge in [-0.2, -0.15) is 0 Å². The van der Waals surface area contributed by atoms with Crippen molar-refractivity contribution in [1.82, 2.24) is 9.97 Å². The van der Waals surface area contributed by atoms with E-state index in [1.54, 1.807) is 6.07 Å². The highest BCUT2D eigenvalue weighted by Crippen LogP contribution is 2.26. The molecule has 106 valence electrons. The second kappa shape index (κ2) is 5.76. The SMILES string of the molecule is CCc1nc(NN)cc(Nc2cccc3ccccc23)n1. The third-order valence-electron chi connectivity index (χ3n) is 3.29. The molecule has 0 saturated carbocycles. The number of hydrogen-bond donors (Lipinski definition) is 3. The van der Waals surface area contributed by atoms with E-state index in [1.807, 2.05) is 31.2 Å². The Kier molecular flexibility index (Phi) is 3.66. The summed E-state index contributed by atoms with van der Waals surface area (Å²) >= 11 is 0. The van der Waals surface area contributed by atoms with Gasteiger partial charge in [-0.15, -0.1) is 0 Å². The lowest BCUT2D eigenvalue weighted by molar-refractivity contribution is 0.941. The molecule has 3 aromatic rings. The summed E-state index contributed by atoms with van der Waals surface area (Å²) in [5, 5.41) is 5.69. The van der Waals surface area contributed by atoms with Crippen molar-refractivity contribution in [2.45, 2.75) is 13.3 Å². The van der Waals surface area contributed by atoms with Crippen LogP contribution in [0.15, 0.2) is 48.5 Å². The van der Waals surface area contributed by atoms with Crippen LogP contribution < -0.4 is 16.6 Å². The van der Waals surface area contributed by atoms with E-state index in [2.05, 4.69) is 38.9 Å². The summed E-state index contributed by atoms with van der Waals surface area (Å²) in [6.07, 6.45) is 0.750. The van der Waals surface area contributed by atoms with Crippen molar-refractivity contribution >= 4 is 28.1 Å². The monoisotopic (exact) mass is 279 g/mol. The molecule has 0 amide bonds. The molecule has 21 heavy (non-hydrogen) atoms. The Morgan fingerprint density at radius 3 is 2.57 bits per heavy atom. The third kappa shape index (κ3) is 2.78. The normalized spacial score (nSPS) is 10.6.